The molecule has 0 heterocycles. The lowest BCUT2D eigenvalue weighted by atomic mass is 10.2. The van der Waals surface area contributed by atoms with Crippen LogP contribution in [0.1, 0.15) is 18.1 Å². The zero-order valence-corrected chi connectivity index (χ0v) is 18.9. The second-order valence-electron chi connectivity index (χ2n) is 6.42. The van der Waals surface area contributed by atoms with Gasteiger partial charge in [-0.15, -0.1) is 0 Å². The largest absolute Gasteiger partial charge is 0.495 e. The Hall–Kier alpha value is -2.27. The summed E-state index contributed by atoms with van der Waals surface area (Å²) in [6, 6.07) is 16.8. The van der Waals surface area contributed by atoms with Gasteiger partial charge in [0.25, 0.3) is 0 Å². The first-order chi connectivity index (χ1) is 14.5. The Bertz CT molecular complexity index is 1010. The molecular formula is C23H22Cl3NO3. The van der Waals surface area contributed by atoms with Crippen LogP contribution in [0, 0.1) is 0 Å². The van der Waals surface area contributed by atoms with Gasteiger partial charge in [0.2, 0.25) is 0 Å². The van der Waals surface area contributed by atoms with E-state index in [-0.39, 0.29) is 0 Å². The van der Waals surface area contributed by atoms with Gasteiger partial charge in [0.05, 0.1) is 23.8 Å². The number of nitrogens with one attached hydrogen (secondary N) is 1. The van der Waals surface area contributed by atoms with Gasteiger partial charge in [-0.25, -0.2) is 0 Å². The Morgan fingerprint density at radius 3 is 2.33 bits per heavy atom. The molecule has 3 aromatic carbocycles. The van der Waals surface area contributed by atoms with E-state index in [4.69, 9.17) is 49.0 Å². The fourth-order valence-electron chi connectivity index (χ4n) is 2.87. The lowest BCUT2D eigenvalue weighted by Gasteiger charge is -2.16. The third kappa shape index (κ3) is 5.66. The highest BCUT2D eigenvalue weighted by Crippen LogP contribution is 2.38. The van der Waals surface area contributed by atoms with Crippen LogP contribution < -0.4 is 19.5 Å². The molecule has 0 unspecified atom stereocenters. The molecule has 0 aliphatic carbocycles. The minimum Gasteiger partial charge on any atom is -0.495 e. The maximum Gasteiger partial charge on any atom is 0.180 e. The number of ether oxygens (including phenoxy) is 3. The van der Waals surface area contributed by atoms with Crippen LogP contribution in [0.4, 0.5) is 5.69 Å². The first-order valence-electron chi connectivity index (χ1n) is 9.40. The SMILES string of the molecule is CCOc1cc(CNc2ccc(OC)c(Cl)c2)cc(Cl)c1OCc1ccccc1Cl. The molecule has 4 nitrogen and oxygen atoms in total. The highest BCUT2D eigenvalue weighted by molar-refractivity contribution is 6.32. The van der Waals surface area contributed by atoms with Crippen LogP contribution in [0.25, 0.3) is 0 Å². The highest BCUT2D eigenvalue weighted by atomic mass is 35.5. The molecule has 0 saturated heterocycles. The van der Waals surface area contributed by atoms with E-state index in [0.717, 1.165) is 16.8 Å². The third-order valence-electron chi connectivity index (χ3n) is 4.35. The Morgan fingerprint density at radius 2 is 1.63 bits per heavy atom. The van der Waals surface area contributed by atoms with Crippen molar-refractivity contribution in [1.29, 1.82) is 0 Å². The minimum atomic E-state index is 0.293. The number of anilines is 1. The molecule has 0 bridgehead atoms. The Labute approximate surface area is 191 Å². The van der Waals surface area contributed by atoms with Crippen molar-refractivity contribution in [3.63, 3.8) is 0 Å². The Morgan fingerprint density at radius 1 is 0.833 bits per heavy atom. The van der Waals surface area contributed by atoms with Gasteiger partial charge in [-0.05, 0) is 48.9 Å². The fraction of sp³-hybridized carbons (Fsp3) is 0.217. The molecule has 0 fully saturated rings. The zero-order valence-electron chi connectivity index (χ0n) is 16.7. The second kappa shape index (κ2) is 10.7. The van der Waals surface area contributed by atoms with Crippen molar-refractivity contribution >= 4 is 40.5 Å². The summed E-state index contributed by atoms with van der Waals surface area (Å²) < 4.78 is 16.9. The van der Waals surface area contributed by atoms with Crippen LogP contribution >= 0.6 is 34.8 Å². The average molecular weight is 467 g/mol. The Balaban J connectivity index is 1.75. The topological polar surface area (TPSA) is 39.7 Å². The highest BCUT2D eigenvalue weighted by Gasteiger charge is 2.14. The number of benzene rings is 3. The van der Waals surface area contributed by atoms with Crippen molar-refractivity contribution in [2.24, 2.45) is 0 Å². The van der Waals surface area contributed by atoms with Gasteiger partial charge in [-0.3, -0.25) is 0 Å². The molecular weight excluding hydrogens is 445 g/mol. The van der Waals surface area contributed by atoms with Crippen molar-refractivity contribution in [1.82, 2.24) is 0 Å². The molecule has 30 heavy (non-hydrogen) atoms. The summed E-state index contributed by atoms with van der Waals surface area (Å²) in [6.07, 6.45) is 0. The summed E-state index contributed by atoms with van der Waals surface area (Å²) in [5, 5.41) is 4.98. The summed E-state index contributed by atoms with van der Waals surface area (Å²) in [5.74, 6) is 1.71. The molecule has 0 aliphatic rings. The molecule has 0 radical (unpaired) electrons. The van der Waals surface area contributed by atoms with Crippen LogP contribution in [0.15, 0.2) is 54.6 Å². The van der Waals surface area contributed by atoms with Gasteiger partial charge < -0.3 is 19.5 Å². The maximum atomic E-state index is 6.52. The van der Waals surface area contributed by atoms with Crippen LogP contribution in [-0.4, -0.2) is 13.7 Å². The molecule has 0 atom stereocenters. The van der Waals surface area contributed by atoms with E-state index in [0.29, 0.717) is 52.1 Å². The summed E-state index contributed by atoms with van der Waals surface area (Å²) in [5.41, 5.74) is 2.69. The first-order valence-corrected chi connectivity index (χ1v) is 10.5. The van der Waals surface area contributed by atoms with Gasteiger partial charge in [-0.1, -0.05) is 53.0 Å². The minimum absolute atomic E-state index is 0.293. The van der Waals surface area contributed by atoms with Gasteiger partial charge in [0.15, 0.2) is 11.5 Å². The lowest BCUT2D eigenvalue weighted by molar-refractivity contribution is 0.269. The molecule has 158 valence electrons. The van der Waals surface area contributed by atoms with E-state index in [9.17, 15) is 0 Å². The molecule has 0 aromatic heterocycles. The second-order valence-corrected chi connectivity index (χ2v) is 7.64. The normalized spacial score (nSPS) is 10.6. The molecule has 0 saturated carbocycles. The van der Waals surface area contributed by atoms with Crippen LogP contribution in [-0.2, 0) is 13.2 Å². The van der Waals surface area contributed by atoms with E-state index in [1.54, 1.807) is 7.11 Å². The van der Waals surface area contributed by atoms with E-state index >= 15 is 0 Å². The summed E-state index contributed by atoms with van der Waals surface area (Å²) in [7, 11) is 1.58. The van der Waals surface area contributed by atoms with Crippen molar-refractivity contribution in [3.05, 3.63) is 80.8 Å². The van der Waals surface area contributed by atoms with Gasteiger partial charge >= 0.3 is 0 Å². The quantitative estimate of drug-likeness (QED) is 0.360. The van der Waals surface area contributed by atoms with Crippen LogP contribution in [0.2, 0.25) is 15.1 Å². The molecule has 3 aromatic rings. The van der Waals surface area contributed by atoms with Crippen molar-refractivity contribution < 1.29 is 14.2 Å². The summed E-state index contributed by atoms with van der Waals surface area (Å²) in [4.78, 5) is 0. The van der Waals surface area contributed by atoms with Crippen molar-refractivity contribution in [2.45, 2.75) is 20.1 Å². The van der Waals surface area contributed by atoms with Gasteiger partial charge in [-0.2, -0.15) is 0 Å². The van der Waals surface area contributed by atoms with Gasteiger partial charge in [0, 0.05) is 22.8 Å². The number of methoxy groups -OCH3 is 1. The average Bonchev–Trinajstić information content (AvgIpc) is 2.73. The van der Waals surface area contributed by atoms with E-state index in [1.807, 2.05) is 61.5 Å². The number of rotatable bonds is 9. The van der Waals surface area contributed by atoms with Crippen LogP contribution in [0.3, 0.4) is 0 Å². The Kier molecular flexibility index (Phi) is 7.97. The van der Waals surface area contributed by atoms with E-state index in [2.05, 4.69) is 5.32 Å². The summed E-state index contributed by atoms with van der Waals surface area (Å²) >= 11 is 18.9. The molecule has 0 aliphatic heterocycles. The molecule has 3 rings (SSSR count). The number of hydrogen-bond acceptors (Lipinski definition) is 4. The zero-order chi connectivity index (χ0) is 21.5. The van der Waals surface area contributed by atoms with Crippen molar-refractivity contribution in [2.75, 3.05) is 19.0 Å². The first kappa shape index (κ1) is 22.4. The fourth-order valence-corrected chi connectivity index (χ4v) is 3.61. The molecule has 0 amide bonds. The van der Waals surface area contributed by atoms with Crippen molar-refractivity contribution in [3.8, 4) is 17.2 Å². The number of halogens is 3. The number of hydrogen-bond donors (Lipinski definition) is 1. The van der Waals surface area contributed by atoms with Crippen LogP contribution in [0.5, 0.6) is 17.2 Å². The predicted molar refractivity (Wildman–Crippen MR) is 124 cm³/mol. The monoisotopic (exact) mass is 465 g/mol. The lowest BCUT2D eigenvalue weighted by Crippen LogP contribution is -2.04. The smallest absolute Gasteiger partial charge is 0.180 e. The summed E-state index contributed by atoms with van der Waals surface area (Å²) in [6.45, 7) is 3.23. The van der Waals surface area contributed by atoms with E-state index < -0.39 is 0 Å². The molecule has 0 spiro atoms. The molecule has 7 heteroatoms. The third-order valence-corrected chi connectivity index (χ3v) is 5.29. The van der Waals surface area contributed by atoms with E-state index in [1.165, 1.54) is 0 Å². The predicted octanol–water partition coefficient (Wildman–Crippen LogP) is 7.25. The standard InChI is InChI=1S/C23H22Cl3NO3/c1-3-29-22-11-15(13-27-17-8-9-21(28-2)19(25)12-17)10-20(26)23(22)30-14-16-6-4-5-7-18(16)24/h4-12,27H,3,13-14H2,1-2H3. The maximum absolute atomic E-state index is 6.52. The molecule has 1 N–H and O–H groups in total. The van der Waals surface area contributed by atoms with Gasteiger partial charge in [0.1, 0.15) is 12.4 Å².